The summed E-state index contributed by atoms with van der Waals surface area (Å²) in [5.41, 5.74) is -0.210. The summed E-state index contributed by atoms with van der Waals surface area (Å²) in [6.07, 6.45) is 3.45. The van der Waals surface area contributed by atoms with Crippen molar-refractivity contribution in [3.8, 4) is 5.75 Å². The fraction of sp³-hybridized carbons (Fsp3) is 0.556. The van der Waals surface area contributed by atoms with E-state index >= 15 is 0 Å². The number of aromatic amines is 1. The van der Waals surface area contributed by atoms with Gasteiger partial charge in [-0.2, -0.15) is 11.8 Å². The van der Waals surface area contributed by atoms with E-state index in [0.29, 0.717) is 12.4 Å². The van der Waals surface area contributed by atoms with Gasteiger partial charge in [0.15, 0.2) is 0 Å². The van der Waals surface area contributed by atoms with Gasteiger partial charge in [-0.15, -0.1) is 0 Å². The number of thioether (sulfide) groups is 1. The molecule has 0 bridgehead atoms. The number of nitrogens with one attached hydrogen (secondary N) is 1. The van der Waals surface area contributed by atoms with Crippen LogP contribution in [0.15, 0.2) is 11.0 Å². The molecular weight excluding hydrogens is 200 g/mol. The summed E-state index contributed by atoms with van der Waals surface area (Å²) >= 11 is 1.63. The quantitative estimate of drug-likeness (QED) is 0.827. The monoisotopic (exact) mass is 214 g/mol. The van der Waals surface area contributed by atoms with Crippen molar-refractivity contribution in [3.05, 3.63) is 22.4 Å². The van der Waals surface area contributed by atoms with Crippen molar-refractivity contribution in [2.75, 3.05) is 12.9 Å². The molecule has 0 fully saturated rings. The van der Waals surface area contributed by atoms with Crippen molar-refractivity contribution in [1.29, 1.82) is 0 Å². The van der Waals surface area contributed by atoms with Gasteiger partial charge in [-0.3, -0.25) is 4.79 Å². The SMILES string of the molecule is CCOc1cnc(C(C)SC)[nH]c1=O. The Labute approximate surface area is 87.1 Å². The molecule has 0 amide bonds. The Morgan fingerprint density at radius 2 is 2.43 bits per heavy atom. The van der Waals surface area contributed by atoms with Gasteiger partial charge in [0.25, 0.3) is 5.56 Å². The predicted molar refractivity (Wildman–Crippen MR) is 58.0 cm³/mol. The van der Waals surface area contributed by atoms with Crippen LogP contribution in [0.25, 0.3) is 0 Å². The van der Waals surface area contributed by atoms with Gasteiger partial charge in [-0.1, -0.05) is 0 Å². The second kappa shape index (κ2) is 5.05. The molecule has 4 nitrogen and oxygen atoms in total. The van der Waals surface area contributed by atoms with E-state index in [2.05, 4.69) is 9.97 Å². The maximum atomic E-state index is 11.4. The van der Waals surface area contributed by atoms with Crippen molar-refractivity contribution in [3.63, 3.8) is 0 Å². The van der Waals surface area contributed by atoms with Crippen LogP contribution in [0.2, 0.25) is 0 Å². The van der Waals surface area contributed by atoms with Gasteiger partial charge in [0.05, 0.1) is 18.1 Å². The zero-order valence-corrected chi connectivity index (χ0v) is 9.35. The number of hydrogen-bond donors (Lipinski definition) is 1. The van der Waals surface area contributed by atoms with Crippen molar-refractivity contribution in [1.82, 2.24) is 9.97 Å². The number of H-pyrrole nitrogens is 1. The summed E-state index contributed by atoms with van der Waals surface area (Å²) in [7, 11) is 0. The van der Waals surface area contributed by atoms with Gasteiger partial charge in [0, 0.05) is 0 Å². The highest BCUT2D eigenvalue weighted by Crippen LogP contribution is 2.21. The van der Waals surface area contributed by atoms with Crippen molar-refractivity contribution >= 4 is 11.8 Å². The van der Waals surface area contributed by atoms with Crippen LogP contribution in [0.5, 0.6) is 5.75 Å². The minimum absolute atomic E-state index is 0.193. The second-order valence-corrected chi connectivity index (χ2v) is 3.95. The van der Waals surface area contributed by atoms with Crippen LogP contribution in [-0.4, -0.2) is 22.8 Å². The van der Waals surface area contributed by atoms with Gasteiger partial charge >= 0.3 is 0 Å². The third-order valence-electron chi connectivity index (χ3n) is 1.82. The normalized spacial score (nSPS) is 12.5. The minimum Gasteiger partial charge on any atom is -0.487 e. The first-order valence-electron chi connectivity index (χ1n) is 4.43. The number of aromatic nitrogens is 2. The molecule has 0 aliphatic heterocycles. The van der Waals surface area contributed by atoms with E-state index < -0.39 is 0 Å². The van der Waals surface area contributed by atoms with Gasteiger partial charge in [0.2, 0.25) is 5.75 Å². The summed E-state index contributed by atoms with van der Waals surface area (Å²) < 4.78 is 5.09. The van der Waals surface area contributed by atoms with Crippen LogP contribution in [0.4, 0.5) is 0 Å². The Bertz CT molecular complexity index is 351. The predicted octanol–water partition coefficient (Wildman–Crippen LogP) is 1.59. The zero-order valence-electron chi connectivity index (χ0n) is 8.53. The molecule has 0 aliphatic rings. The molecule has 0 saturated carbocycles. The fourth-order valence-electron chi connectivity index (χ4n) is 0.974. The molecule has 0 saturated heterocycles. The van der Waals surface area contributed by atoms with Gasteiger partial charge in [-0.25, -0.2) is 4.98 Å². The molecule has 14 heavy (non-hydrogen) atoms. The van der Waals surface area contributed by atoms with Crippen LogP contribution in [-0.2, 0) is 0 Å². The van der Waals surface area contributed by atoms with E-state index in [4.69, 9.17) is 4.74 Å². The topological polar surface area (TPSA) is 55.0 Å². The van der Waals surface area contributed by atoms with Gasteiger partial charge < -0.3 is 9.72 Å². The Hall–Kier alpha value is -0.970. The third kappa shape index (κ3) is 2.51. The Kier molecular flexibility index (Phi) is 4.00. The lowest BCUT2D eigenvalue weighted by atomic mass is 10.4. The van der Waals surface area contributed by atoms with E-state index in [1.165, 1.54) is 6.20 Å². The van der Waals surface area contributed by atoms with E-state index in [0.717, 1.165) is 0 Å². The van der Waals surface area contributed by atoms with Crippen molar-refractivity contribution < 1.29 is 4.74 Å². The van der Waals surface area contributed by atoms with Gasteiger partial charge in [-0.05, 0) is 20.1 Å². The molecule has 0 aromatic carbocycles. The molecule has 0 radical (unpaired) electrons. The summed E-state index contributed by atoms with van der Waals surface area (Å²) in [6, 6.07) is 0. The molecule has 0 aliphatic carbocycles. The fourth-order valence-corrected chi connectivity index (χ4v) is 1.32. The van der Waals surface area contributed by atoms with Crippen LogP contribution in [0, 0.1) is 0 Å². The molecule has 1 unspecified atom stereocenters. The highest BCUT2D eigenvalue weighted by Gasteiger charge is 2.08. The molecule has 0 spiro atoms. The molecule has 1 N–H and O–H groups in total. The molecule has 1 heterocycles. The number of hydrogen-bond acceptors (Lipinski definition) is 4. The number of nitrogens with zero attached hydrogens (tertiary/aromatic N) is 1. The molecule has 1 rings (SSSR count). The van der Waals surface area contributed by atoms with Crippen LogP contribution >= 0.6 is 11.8 Å². The summed E-state index contributed by atoms with van der Waals surface area (Å²) in [5, 5.41) is 0.193. The average molecular weight is 214 g/mol. The lowest BCUT2D eigenvalue weighted by Crippen LogP contribution is -2.15. The molecule has 5 heteroatoms. The number of ether oxygens (including phenoxy) is 1. The lowest BCUT2D eigenvalue weighted by Gasteiger charge is -2.07. The molecule has 78 valence electrons. The maximum Gasteiger partial charge on any atom is 0.293 e. The summed E-state index contributed by atoms with van der Waals surface area (Å²) in [5.74, 6) is 0.968. The van der Waals surface area contributed by atoms with Crippen LogP contribution in [0.1, 0.15) is 24.9 Å². The van der Waals surface area contributed by atoms with E-state index in [1.54, 1.807) is 11.8 Å². The second-order valence-electron chi connectivity index (χ2n) is 2.77. The lowest BCUT2D eigenvalue weighted by molar-refractivity contribution is 0.333. The first-order valence-corrected chi connectivity index (χ1v) is 5.72. The molecule has 1 aromatic rings. The molecular formula is C9H14N2O2S. The maximum absolute atomic E-state index is 11.4. The summed E-state index contributed by atoms with van der Waals surface area (Å²) in [4.78, 5) is 18.2. The van der Waals surface area contributed by atoms with Crippen LogP contribution < -0.4 is 10.3 Å². The average Bonchev–Trinajstić information content (AvgIpc) is 2.20. The standard InChI is InChI=1S/C9H14N2O2S/c1-4-13-7-5-10-8(6(2)14-3)11-9(7)12/h5-6H,4H2,1-3H3,(H,10,11,12). The largest absolute Gasteiger partial charge is 0.487 e. The van der Waals surface area contributed by atoms with Crippen molar-refractivity contribution in [2.24, 2.45) is 0 Å². The van der Waals surface area contributed by atoms with Crippen LogP contribution in [0.3, 0.4) is 0 Å². The zero-order chi connectivity index (χ0) is 10.6. The minimum atomic E-state index is -0.210. The highest BCUT2D eigenvalue weighted by atomic mass is 32.2. The third-order valence-corrected chi connectivity index (χ3v) is 2.76. The Balaban J connectivity index is 2.94. The first kappa shape index (κ1) is 11.1. The Morgan fingerprint density at radius 1 is 1.71 bits per heavy atom. The van der Waals surface area contributed by atoms with Crippen molar-refractivity contribution in [2.45, 2.75) is 19.1 Å². The Morgan fingerprint density at radius 3 is 2.93 bits per heavy atom. The molecule has 1 atom stereocenters. The van der Waals surface area contributed by atoms with E-state index in [-0.39, 0.29) is 16.6 Å². The van der Waals surface area contributed by atoms with Gasteiger partial charge in [0.1, 0.15) is 5.82 Å². The smallest absolute Gasteiger partial charge is 0.293 e. The molecule has 1 aromatic heterocycles. The summed E-state index contributed by atoms with van der Waals surface area (Å²) in [6.45, 7) is 4.29. The highest BCUT2D eigenvalue weighted by molar-refractivity contribution is 7.98. The van der Waals surface area contributed by atoms with E-state index in [9.17, 15) is 4.79 Å². The number of rotatable bonds is 4. The van der Waals surface area contributed by atoms with E-state index in [1.807, 2.05) is 20.1 Å². The first-order chi connectivity index (χ1) is 6.69.